The van der Waals surface area contributed by atoms with Crippen molar-refractivity contribution in [1.82, 2.24) is 19.8 Å². The molecule has 32 heavy (non-hydrogen) atoms. The molecule has 2 aromatic rings. The van der Waals surface area contributed by atoms with Crippen molar-refractivity contribution < 1.29 is 14.3 Å². The number of nitrogens with zero attached hydrogens (tertiary/aromatic N) is 4. The molecule has 1 N–H and O–H groups in total. The lowest BCUT2D eigenvalue weighted by Gasteiger charge is -2.23. The molecular weight excluding hydrogens is 430 g/mol. The van der Waals surface area contributed by atoms with Crippen LogP contribution in [0, 0.1) is 0 Å². The summed E-state index contributed by atoms with van der Waals surface area (Å²) in [5, 5.41) is 3.81. The van der Waals surface area contributed by atoms with Crippen LogP contribution in [0.3, 0.4) is 0 Å². The average molecular weight is 456 g/mol. The molecule has 168 valence electrons. The van der Waals surface area contributed by atoms with Crippen molar-refractivity contribution in [2.24, 2.45) is 0 Å². The summed E-state index contributed by atoms with van der Waals surface area (Å²) < 4.78 is 5.41. The Morgan fingerprint density at radius 1 is 1.16 bits per heavy atom. The number of benzene rings is 1. The zero-order valence-corrected chi connectivity index (χ0v) is 18.6. The predicted octanol–water partition coefficient (Wildman–Crippen LogP) is 2.97. The van der Waals surface area contributed by atoms with Crippen LogP contribution in [-0.4, -0.2) is 70.5 Å². The van der Waals surface area contributed by atoms with E-state index in [1.54, 1.807) is 11.1 Å². The van der Waals surface area contributed by atoms with Crippen LogP contribution in [0.15, 0.2) is 24.4 Å². The van der Waals surface area contributed by atoms with Gasteiger partial charge in [0, 0.05) is 63.0 Å². The van der Waals surface area contributed by atoms with Crippen LogP contribution in [0.2, 0.25) is 5.02 Å². The molecule has 0 saturated carbocycles. The minimum atomic E-state index is -0.0146. The number of likely N-dealkylation sites (tertiary alicyclic amines) is 1. The summed E-state index contributed by atoms with van der Waals surface area (Å²) in [6, 6.07) is 6.06. The number of carbonyl (C=O) groups is 2. The summed E-state index contributed by atoms with van der Waals surface area (Å²) in [6.07, 6.45) is 4.94. The van der Waals surface area contributed by atoms with Crippen molar-refractivity contribution in [2.75, 3.05) is 38.2 Å². The second-order valence-corrected chi connectivity index (χ2v) is 8.91. The van der Waals surface area contributed by atoms with Gasteiger partial charge in [-0.3, -0.25) is 9.59 Å². The SMILES string of the molecule is O=C1CCCN1CCN1Cc2ccc(-c3nc(NC4CCOCC4)ncc3Cl)cc2C1=O. The summed E-state index contributed by atoms with van der Waals surface area (Å²) in [6.45, 7) is 3.94. The normalized spacial score (nSPS) is 19.0. The van der Waals surface area contributed by atoms with Gasteiger partial charge < -0.3 is 19.9 Å². The standard InChI is InChI=1S/C23H26ClN5O3/c24-19-13-25-23(26-17-5-10-32-11-6-17)27-21(19)15-3-4-16-14-29(22(31)18(16)12-15)9-8-28-7-1-2-20(28)30/h3-4,12-13,17H,1-2,5-11,14H2,(H,25,26,27). The van der Waals surface area contributed by atoms with Gasteiger partial charge in [-0.25, -0.2) is 9.97 Å². The van der Waals surface area contributed by atoms with E-state index in [1.807, 2.05) is 23.1 Å². The van der Waals surface area contributed by atoms with Crippen molar-refractivity contribution in [3.63, 3.8) is 0 Å². The highest BCUT2D eigenvalue weighted by Crippen LogP contribution is 2.31. The summed E-state index contributed by atoms with van der Waals surface area (Å²) in [5.41, 5.74) is 3.05. The first-order valence-electron chi connectivity index (χ1n) is 11.2. The predicted molar refractivity (Wildman–Crippen MR) is 120 cm³/mol. The maximum atomic E-state index is 13.0. The molecule has 0 spiro atoms. The van der Waals surface area contributed by atoms with E-state index < -0.39 is 0 Å². The Hall–Kier alpha value is -2.71. The first kappa shape index (κ1) is 21.2. The fourth-order valence-corrected chi connectivity index (χ4v) is 4.73. The molecule has 1 aromatic carbocycles. The number of nitrogens with one attached hydrogen (secondary N) is 1. The third-order valence-corrected chi connectivity index (χ3v) is 6.65. The van der Waals surface area contributed by atoms with E-state index in [0.717, 1.165) is 50.1 Å². The zero-order chi connectivity index (χ0) is 22.1. The number of amides is 2. The maximum Gasteiger partial charge on any atom is 0.254 e. The lowest BCUT2D eigenvalue weighted by molar-refractivity contribution is -0.127. The fourth-order valence-electron chi connectivity index (χ4n) is 4.53. The lowest BCUT2D eigenvalue weighted by Crippen LogP contribution is -2.35. The number of hydrogen-bond acceptors (Lipinski definition) is 6. The van der Waals surface area contributed by atoms with Crippen molar-refractivity contribution in [3.8, 4) is 11.3 Å². The molecule has 1 aromatic heterocycles. The van der Waals surface area contributed by atoms with E-state index in [1.165, 1.54) is 0 Å². The van der Waals surface area contributed by atoms with Crippen LogP contribution in [0.4, 0.5) is 5.95 Å². The number of rotatable bonds is 6. The van der Waals surface area contributed by atoms with Crippen LogP contribution in [-0.2, 0) is 16.1 Å². The molecule has 3 aliphatic rings. The van der Waals surface area contributed by atoms with Gasteiger partial charge in [0.25, 0.3) is 5.91 Å². The highest BCUT2D eigenvalue weighted by Gasteiger charge is 2.29. The summed E-state index contributed by atoms with van der Waals surface area (Å²) in [7, 11) is 0. The number of halogens is 1. The van der Waals surface area contributed by atoms with E-state index in [2.05, 4.69) is 15.3 Å². The van der Waals surface area contributed by atoms with Gasteiger partial charge in [0.15, 0.2) is 0 Å². The highest BCUT2D eigenvalue weighted by atomic mass is 35.5. The Bertz CT molecular complexity index is 1040. The molecular formula is C23H26ClN5O3. The third-order valence-electron chi connectivity index (χ3n) is 6.37. The number of anilines is 1. The number of aromatic nitrogens is 2. The van der Waals surface area contributed by atoms with E-state index in [0.29, 0.717) is 48.3 Å². The molecule has 0 unspecified atom stereocenters. The van der Waals surface area contributed by atoms with Crippen molar-refractivity contribution >= 4 is 29.4 Å². The van der Waals surface area contributed by atoms with Crippen LogP contribution >= 0.6 is 11.6 Å². The average Bonchev–Trinajstić information content (AvgIpc) is 3.36. The van der Waals surface area contributed by atoms with E-state index in [9.17, 15) is 9.59 Å². The molecule has 9 heteroatoms. The first-order valence-corrected chi connectivity index (χ1v) is 11.5. The van der Waals surface area contributed by atoms with Gasteiger partial charge in [-0.2, -0.15) is 0 Å². The van der Waals surface area contributed by atoms with Gasteiger partial charge in [0.1, 0.15) is 0 Å². The molecule has 0 atom stereocenters. The molecule has 5 rings (SSSR count). The summed E-state index contributed by atoms with van der Waals surface area (Å²) in [4.78, 5) is 37.5. The minimum absolute atomic E-state index is 0.0146. The lowest BCUT2D eigenvalue weighted by atomic mass is 10.0. The Labute approximate surface area is 191 Å². The van der Waals surface area contributed by atoms with Crippen LogP contribution in [0.25, 0.3) is 11.3 Å². The number of ether oxygens (including phenoxy) is 1. The smallest absolute Gasteiger partial charge is 0.254 e. The van der Waals surface area contributed by atoms with Gasteiger partial charge in [-0.05, 0) is 30.9 Å². The number of hydrogen-bond donors (Lipinski definition) is 1. The van der Waals surface area contributed by atoms with Crippen molar-refractivity contribution in [1.29, 1.82) is 0 Å². The van der Waals surface area contributed by atoms with Crippen molar-refractivity contribution in [2.45, 2.75) is 38.3 Å². The largest absolute Gasteiger partial charge is 0.381 e. The molecule has 4 heterocycles. The molecule has 0 bridgehead atoms. The van der Waals surface area contributed by atoms with E-state index in [4.69, 9.17) is 16.3 Å². The van der Waals surface area contributed by atoms with Crippen LogP contribution in [0.1, 0.15) is 41.6 Å². The first-order chi connectivity index (χ1) is 15.6. The highest BCUT2D eigenvalue weighted by molar-refractivity contribution is 6.33. The van der Waals surface area contributed by atoms with Gasteiger partial charge in [0.05, 0.1) is 16.9 Å². The summed E-state index contributed by atoms with van der Waals surface area (Å²) in [5.74, 6) is 0.694. The maximum absolute atomic E-state index is 13.0. The van der Waals surface area contributed by atoms with Gasteiger partial charge in [-0.1, -0.05) is 23.7 Å². The fraction of sp³-hybridized carbons (Fsp3) is 0.478. The Balaban J connectivity index is 1.31. The monoisotopic (exact) mass is 455 g/mol. The second kappa shape index (κ2) is 9.03. The quantitative estimate of drug-likeness (QED) is 0.720. The molecule has 2 saturated heterocycles. The zero-order valence-electron chi connectivity index (χ0n) is 17.8. The number of fused-ring (bicyclic) bond motifs is 1. The third kappa shape index (κ3) is 4.29. The van der Waals surface area contributed by atoms with Crippen LogP contribution < -0.4 is 5.32 Å². The Morgan fingerprint density at radius 3 is 2.75 bits per heavy atom. The van der Waals surface area contributed by atoms with Gasteiger partial charge in [-0.15, -0.1) is 0 Å². The van der Waals surface area contributed by atoms with E-state index >= 15 is 0 Å². The minimum Gasteiger partial charge on any atom is -0.381 e. The second-order valence-electron chi connectivity index (χ2n) is 8.50. The molecule has 2 fully saturated rings. The molecule has 0 radical (unpaired) electrons. The van der Waals surface area contributed by atoms with Gasteiger partial charge >= 0.3 is 0 Å². The van der Waals surface area contributed by atoms with Crippen LogP contribution in [0.5, 0.6) is 0 Å². The number of carbonyl (C=O) groups excluding carboxylic acids is 2. The van der Waals surface area contributed by atoms with E-state index in [-0.39, 0.29) is 17.9 Å². The Morgan fingerprint density at radius 2 is 1.97 bits per heavy atom. The molecule has 0 aliphatic carbocycles. The molecule has 8 nitrogen and oxygen atoms in total. The topological polar surface area (TPSA) is 87.7 Å². The summed E-state index contributed by atoms with van der Waals surface area (Å²) >= 11 is 6.42. The molecule has 2 amide bonds. The molecule has 3 aliphatic heterocycles. The van der Waals surface area contributed by atoms with Crippen molar-refractivity contribution in [3.05, 3.63) is 40.5 Å². The Kier molecular flexibility index (Phi) is 5.97. The van der Waals surface area contributed by atoms with Gasteiger partial charge in [0.2, 0.25) is 11.9 Å².